The van der Waals surface area contributed by atoms with E-state index in [1.807, 2.05) is 56.3 Å². The van der Waals surface area contributed by atoms with Gasteiger partial charge < -0.3 is 10.6 Å². The maximum Gasteiger partial charge on any atom is 0.234 e. The number of hydrogen-bond donors (Lipinski definition) is 2. The minimum absolute atomic E-state index is 0.0327. The van der Waals surface area contributed by atoms with Crippen LogP contribution < -0.4 is 10.6 Å². The molecule has 0 spiro atoms. The molecule has 0 aliphatic heterocycles. The van der Waals surface area contributed by atoms with Crippen LogP contribution in [-0.4, -0.2) is 17.6 Å². The highest BCUT2D eigenvalue weighted by atomic mass is 32.2. The van der Waals surface area contributed by atoms with Crippen LogP contribution in [0.15, 0.2) is 47.4 Å². The minimum Gasteiger partial charge on any atom is -0.326 e. The van der Waals surface area contributed by atoms with Gasteiger partial charge in [-0.1, -0.05) is 12.1 Å². The van der Waals surface area contributed by atoms with Crippen LogP contribution in [0, 0.1) is 13.8 Å². The third-order valence-electron chi connectivity index (χ3n) is 3.21. The number of amides is 2. The van der Waals surface area contributed by atoms with Crippen molar-refractivity contribution < 1.29 is 9.59 Å². The van der Waals surface area contributed by atoms with Crippen LogP contribution in [0.5, 0.6) is 0 Å². The van der Waals surface area contributed by atoms with Crippen LogP contribution in [-0.2, 0) is 9.59 Å². The van der Waals surface area contributed by atoms with Crippen molar-refractivity contribution in [1.82, 2.24) is 0 Å². The Hall–Kier alpha value is -2.27. The normalized spacial score (nSPS) is 10.2. The fourth-order valence-electron chi connectivity index (χ4n) is 2.04. The summed E-state index contributed by atoms with van der Waals surface area (Å²) in [4.78, 5) is 24.0. The molecular weight excluding hydrogens is 308 g/mol. The molecule has 0 saturated carbocycles. The van der Waals surface area contributed by atoms with Gasteiger partial charge in [-0.3, -0.25) is 9.59 Å². The molecule has 2 N–H and O–H groups in total. The molecule has 0 fully saturated rings. The smallest absolute Gasteiger partial charge is 0.234 e. The summed E-state index contributed by atoms with van der Waals surface area (Å²) in [7, 11) is 0. The van der Waals surface area contributed by atoms with Gasteiger partial charge in [-0.25, -0.2) is 0 Å². The summed E-state index contributed by atoms with van der Waals surface area (Å²) >= 11 is 1.46. The van der Waals surface area contributed by atoms with E-state index in [-0.39, 0.29) is 11.8 Å². The van der Waals surface area contributed by atoms with Gasteiger partial charge in [-0.2, -0.15) is 0 Å². The predicted octanol–water partition coefficient (Wildman–Crippen LogP) is 3.99. The molecule has 120 valence electrons. The standard InChI is InChI=1S/C18H20N2O2S/c1-12-4-5-13(2)17(10-12)20-18(22)11-23-16-8-6-15(7-9-16)19-14(3)21/h4-10H,11H2,1-3H3,(H,19,21)(H,20,22). The molecule has 0 atom stereocenters. The SMILES string of the molecule is CC(=O)Nc1ccc(SCC(=O)Nc2cc(C)ccc2C)cc1. The van der Waals surface area contributed by atoms with Gasteiger partial charge in [0.2, 0.25) is 11.8 Å². The lowest BCUT2D eigenvalue weighted by molar-refractivity contribution is -0.114. The number of thioether (sulfide) groups is 1. The highest BCUT2D eigenvalue weighted by Gasteiger charge is 2.06. The molecule has 0 aliphatic carbocycles. The summed E-state index contributed by atoms with van der Waals surface area (Å²) in [5.41, 5.74) is 3.78. The van der Waals surface area contributed by atoms with Crippen LogP contribution >= 0.6 is 11.8 Å². The van der Waals surface area contributed by atoms with E-state index in [9.17, 15) is 9.59 Å². The molecular formula is C18H20N2O2S. The highest BCUT2D eigenvalue weighted by Crippen LogP contribution is 2.21. The molecule has 2 rings (SSSR count). The van der Waals surface area contributed by atoms with Gasteiger partial charge >= 0.3 is 0 Å². The van der Waals surface area contributed by atoms with Gasteiger partial charge in [0.1, 0.15) is 0 Å². The first-order chi connectivity index (χ1) is 10.9. The van der Waals surface area contributed by atoms with E-state index in [0.717, 1.165) is 27.4 Å². The van der Waals surface area contributed by atoms with Gasteiger partial charge in [0.25, 0.3) is 0 Å². The number of anilines is 2. The third-order valence-corrected chi connectivity index (χ3v) is 4.22. The van der Waals surface area contributed by atoms with Crippen molar-refractivity contribution in [2.24, 2.45) is 0 Å². The maximum absolute atomic E-state index is 12.1. The van der Waals surface area contributed by atoms with Crippen LogP contribution in [0.1, 0.15) is 18.1 Å². The Morgan fingerprint density at radius 1 is 1.00 bits per heavy atom. The first-order valence-corrected chi connectivity index (χ1v) is 8.30. The second kappa shape index (κ2) is 7.83. The van der Waals surface area contributed by atoms with Gasteiger partial charge in [-0.05, 0) is 55.3 Å². The average molecular weight is 328 g/mol. The summed E-state index contributed by atoms with van der Waals surface area (Å²) in [5.74, 6) is 0.209. The Balaban J connectivity index is 1.89. The van der Waals surface area contributed by atoms with E-state index in [1.54, 1.807) is 0 Å². The number of hydrogen-bond acceptors (Lipinski definition) is 3. The van der Waals surface area contributed by atoms with Crippen molar-refractivity contribution in [3.8, 4) is 0 Å². The molecule has 2 aromatic carbocycles. The Morgan fingerprint density at radius 2 is 1.70 bits per heavy atom. The van der Waals surface area contributed by atoms with E-state index < -0.39 is 0 Å². The van der Waals surface area contributed by atoms with E-state index >= 15 is 0 Å². The summed E-state index contributed by atoms with van der Waals surface area (Å²) < 4.78 is 0. The molecule has 0 saturated heterocycles. The fourth-order valence-corrected chi connectivity index (χ4v) is 2.74. The summed E-state index contributed by atoms with van der Waals surface area (Å²) in [6.45, 7) is 5.45. The number of rotatable bonds is 5. The maximum atomic E-state index is 12.1. The van der Waals surface area contributed by atoms with Crippen molar-refractivity contribution in [1.29, 1.82) is 0 Å². The van der Waals surface area contributed by atoms with Crippen LogP contribution in [0.25, 0.3) is 0 Å². The summed E-state index contributed by atoms with van der Waals surface area (Å²) in [5, 5.41) is 5.66. The average Bonchev–Trinajstić information content (AvgIpc) is 2.50. The number of aryl methyl sites for hydroxylation is 2. The Morgan fingerprint density at radius 3 is 2.35 bits per heavy atom. The lowest BCUT2D eigenvalue weighted by Crippen LogP contribution is -2.14. The molecule has 5 heteroatoms. The van der Waals surface area contributed by atoms with Crippen LogP contribution in [0.4, 0.5) is 11.4 Å². The van der Waals surface area contributed by atoms with Crippen molar-refractivity contribution in [3.63, 3.8) is 0 Å². The first kappa shape index (κ1) is 17.1. The van der Waals surface area contributed by atoms with Gasteiger partial charge in [0.15, 0.2) is 0 Å². The van der Waals surface area contributed by atoms with E-state index in [0.29, 0.717) is 5.75 Å². The monoisotopic (exact) mass is 328 g/mol. The number of carbonyl (C=O) groups is 2. The zero-order valence-electron chi connectivity index (χ0n) is 13.5. The number of carbonyl (C=O) groups excluding carboxylic acids is 2. The number of benzene rings is 2. The van der Waals surface area contributed by atoms with Crippen molar-refractivity contribution in [2.45, 2.75) is 25.7 Å². The molecule has 23 heavy (non-hydrogen) atoms. The Bertz CT molecular complexity index is 711. The molecule has 0 bridgehead atoms. The molecule has 0 aliphatic rings. The van der Waals surface area contributed by atoms with Crippen molar-refractivity contribution in [3.05, 3.63) is 53.6 Å². The number of nitrogens with one attached hydrogen (secondary N) is 2. The van der Waals surface area contributed by atoms with Crippen LogP contribution in [0.3, 0.4) is 0 Å². The summed E-state index contributed by atoms with van der Waals surface area (Å²) in [6, 6.07) is 13.4. The minimum atomic E-state index is -0.0988. The molecule has 0 unspecified atom stereocenters. The topological polar surface area (TPSA) is 58.2 Å². The van der Waals surface area contributed by atoms with E-state index in [2.05, 4.69) is 10.6 Å². The largest absolute Gasteiger partial charge is 0.326 e. The van der Waals surface area contributed by atoms with Gasteiger partial charge in [0.05, 0.1) is 5.75 Å². The van der Waals surface area contributed by atoms with Crippen molar-refractivity contribution >= 4 is 35.0 Å². The molecule has 0 radical (unpaired) electrons. The first-order valence-electron chi connectivity index (χ1n) is 7.31. The van der Waals surface area contributed by atoms with Crippen LogP contribution in [0.2, 0.25) is 0 Å². The fraction of sp³-hybridized carbons (Fsp3) is 0.222. The zero-order chi connectivity index (χ0) is 16.8. The van der Waals surface area contributed by atoms with Gasteiger partial charge in [0, 0.05) is 23.2 Å². The lowest BCUT2D eigenvalue weighted by atomic mass is 10.1. The predicted molar refractivity (Wildman–Crippen MR) is 96.0 cm³/mol. The molecule has 4 nitrogen and oxygen atoms in total. The van der Waals surface area contributed by atoms with E-state index in [1.165, 1.54) is 18.7 Å². The van der Waals surface area contributed by atoms with Gasteiger partial charge in [-0.15, -0.1) is 11.8 Å². The quantitative estimate of drug-likeness (QED) is 0.816. The highest BCUT2D eigenvalue weighted by molar-refractivity contribution is 8.00. The second-order valence-corrected chi connectivity index (χ2v) is 6.41. The zero-order valence-corrected chi connectivity index (χ0v) is 14.3. The molecule has 2 aromatic rings. The Kier molecular flexibility index (Phi) is 5.82. The molecule has 2 amide bonds. The lowest BCUT2D eigenvalue weighted by Gasteiger charge is -2.09. The Labute approximate surface area is 140 Å². The van der Waals surface area contributed by atoms with E-state index in [4.69, 9.17) is 0 Å². The van der Waals surface area contributed by atoms with Crippen molar-refractivity contribution in [2.75, 3.05) is 16.4 Å². The molecule has 0 heterocycles. The third kappa shape index (κ3) is 5.45. The summed E-state index contributed by atoms with van der Waals surface area (Å²) in [6.07, 6.45) is 0. The second-order valence-electron chi connectivity index (χ2n) is 5.36. The molecule has 0 aromatic heterocycles.